The highest BCUT2D eigenvalue weighted by Gasteiger charge is 2.53. The molecular weight excluding hydrogens is 398 g/mol. The van der Waals surface area contributed by atoms with Crippen LogP contribution in [0.25, 0.3) is 0 Å². The molecule has 31 heavy (non-hydrogen) atoms. The fraction of sp³-hybridized carbons (Fsp3) is 0.348. The lowest BCUT2D eigenvalue weighted by atomic mass is 9.87. The lowest BCUT2D eigenvalue weighted by Gasteiger charge is -2.30. The molecule has 2 aromatic rings. The highest BCUT2D eigenvalue weighted by Crippen LogP contribution is 2.43. The van der Waals surface area contributed by atoms with Gasteiger partial charge in [0.2, 0.25) is 11.8 Å². The molecular formula is C23H27N3O5. The van der Waals surface area contributed by atoms with Gasteiger partial charge in [-0.15, -0.1) is 0 Å². The van der Waals surface area contributed by atoms with Crippen LogP contribution in [0.4, 0.5) is 11.4 Å². The predicted molar refractivity (Wildman–Crippen MR) is 117 cm³/mol. The Morgan fingerprint density at radius 1 is 1.10 bits per heavy atom. The zero-order chi connectivity index (χ0) is 22.8. The number of hydrogen-bond acceptors (Lipinski definition) is 5. The minimum Gasteiger partial charge on any atom is -0.497 e. The number of ether oxygens (including phenoxy) is 2. The second-order valence-electron chi connectivity index (χ2n) is 7.66. The van der Waals surface area contributed by atoms with Gasteiger partial charge < -0.3 is 25.0 Å². The Balaban J connectivity index is 2.01. The first-order valence-corrected chi connectivity index (χ1v) is 9.97. The van der Waals surface area contributed by atoms with Crippen LogP contribution in [0.3, 0.4) is 0 Å². The fourth-order valence-corrected chi connectivity index (χ4v) is 3.97. The van der Waals surface area contributed by atoms with E-state index >= 15 is 0 Å². The fourth-order valence-electron chi connectivity index (χ4n) is 3.97. The third-order valence-corrected chi connectivity index (χ3v) is 5.22. The van der Waals surface area contributed by atoms with Crippen LogP contribution in [0.5, 0.6) is 11.5 Å². The second-order valence-corrected chi connectivity index (χ2v) is 7.66. The number of benzene rings is 2. The maximum atomic E-state index is 13.6. The SMILES string of the molecule is COc1ccc(OC)c(NC(=O)CC2(NC(C)=O)C(=O)N(C(C)C)c3ccccc32)c1. The lowest BCUT2D eigenvalue weighted by molar-refractivity contribution is -0.133. The van der Waals surface area contributed by atoms with Crippen LogP contribution in [-0.2, 0) is 19.9 Å². The number of methoxy groups -OCH3 is 2. The van der Waals surface area contributed by atoms with Gasteiger partial charge in [-0.1, -0.05) is 18.2 Å². The molecule has 0 bridgehead atoms. The number of fused-ring (bicyclic) bond motifs is 1. The van der Waals surface area contributed by atoms with Crippen LogP contribution in [-0.4, -0.2) is 38.0 Å². The van der Waals surface area contributed by atoms with Gasteiger partial charge in [0.25, 0.3) is 5.91 Å². The lowest BCUT2D eigenvalue weighted by Crippen LogP contribution is -2.55. The number of para-hydroxylation sites is 1. The highest BCUT2D eigenvalue weighted by molar-refractivity contribution is 6.12. The number of carbonyl (C=O) groups is 3. The summed E-state index contributed by atoms with van der Waals surface area (Å²) in [6, 6.07) is 12.1. The van der Waals surface area contributed by atoms with E-state index in [1.54, 1.807) is 35.2 Å². The maximum Gasteiger partial charge on any atom is 0.258 e. The Hall–Kier alpha value is -3.55. The minimum atomic E-state index is -1.50. The van der Waals surface area contributed by atoms with Crippen molar-refractivity contribution in [3.8, 4) is 11.5 Å². The average molecular weight is 425 g/mol. The molecule has 0 fully saturated rings. The largest absolute Gasteiger partial charge is 0.497 e. The molecule has 1 aliphatic rings. The normalized spacial score (nSPS) is 17.4. The molecule has 3 rings (SSSR count). The quantitative estimate of drug-likeness (QED) is 0.711. The molecule has 0 aromatic heterocycles. The number of carbonyl (C=O) groups excluding carboxylic acids is 3. The molecule has 3 amide bonds. The topological polar surface area (TPSA) is 97.0 Å². The molecule has 1 aliphatic heterocycles. The van der Waals surface area contributed by atoms with Crippen molar-refractivity contribution in [2.24, 2.45) is 0 Å². The summed E-state index contributed by atoms with van der Waals surface area (Å²) in [4.78, 5) is 40.4. The number of nitrogens with zero attached hydrogens (tertiary/aromatic N) is 1. The van der Waals surface area contributed by atoms with Crippen molar-refractivity contribution in [2.45, 2.75) is 38.8 Å². The van der Waals surface area contributed by atoms with Gasteiger partial charge in [-0.05, 0) is 32.0 Å². The summed E-state index contributed by atoms with van der Waals surface area (Å²) >= 11 is 0. The molecule has 0 saturated heterocycles. The van der Waals surface area contributed by atoms with Crippen LogP contribution < -0.4 is 25.0 Å². The van der Waals surface area contributed by atoms with E-state index in [0.717, 1.165) is 0 Å². The smallest absolute Gasteiger partial charge is 0.258 e. The Morgan fingerprint density at radius 3 is 2.42 bits per heavy atom. The minimum absolute atomic E-state index is 0.147. The average Bonchev–Trinajstić information content (AvgIpc) is 2.95. The molecule has 1 heterocycles. The van der Waals surface area contributed by atoms with E-state index in [-0.39, 0.29) is 18.4 Å². The number of anilines is 2. The van der Waals surface area contributed by atoms with E-state index in [9.17, 15) is 14.4 Å². The molecule has 1 atom stereocenters. The summed E-state index contributed by atoms with van der Waals surface area (Å²) in [5.41, 5.74) is 0.187. The summed E-state index contributed by atoms with van der Waals surface area (Å²) in [5, 5.41) is 5.56. The van der Waals surface area contributed by atoms with Crippen molar-refractivity contribution in [1.29, 1.82) is 0 Å². The van der Waals surface area contributed by atoms with Crippen molar-refractivity contribution in [3.63, 3.8) is 0 Å². The van der Waals surface area contributed by atoms with Gasteiger partial charge >= 0.3 is 0 Å². The van der Waals surface area contributed by atoms with Crippen LogP contribution in [0.2, 0.25) is 0 Å². The molecule has 0 spiro atoms. The number of rotatable bonds is 7. The van der Waals surface area contributed by atoms with Gasteiger partial charge in [0.1, 0.15) is 11.5 Å². The van der Waals surface area contributed by atoms with Crippen LogP contribution in [0.15, 0.2) is 42.5 Å². The molecule has 2 N–H and O–H groups in total. The van der Waals surface area contributed by atoms with Gasteiger partial charge in [0, 0.05) is 24.6 Å². The zero-order valence-electron chi connectivity index (χ0n) is 18.3. The molecule has 2 aromatic carbocycles. The van der Waals surface area contributed by atoms with E-state index in [2.05, 4.69) is 10.6 Å². The van der Waals surface area contributed by atoms with Crippen molar-refractivity contribution < 1.29 is 23.9 Å². The van der Waals surface area contributed by atoms with E-state index in [1.807, 2.05) is 26.0 Å². The predicted octanol–water partition coefficient (Wildman–Crippen LogP) is 2.82. The number of hydrogen-bond donors (Lipinski definition) is 2. The van der Waals surface area contributed by atoms with Crippen LogP contribution in [0, 0.1) is 0 Å². The van der Waals surface area contributed by atoms with Gasteiger partial charge in [0.05, 0.1) is 32.0 Å². The summed E-state index contributed by atoms with van der Waals surface area (Å²) < 4.78 is 10.5. The van der Waals surface area contributed by atoms with Crippen molar-refractivity contribution in [1.82, 2.24) is 5.32 Å². The number of amides is 3. The standard InChI is InChI=1S/C23H27N3O5/c1-14(2)26-19-9-7-6-8-17(19)23(22(26)29,25-15(3)27)13-21(28)24-18-12-16(30-4)10-11-20(18)31-5/h6-12,14H,13H2,1-5H3,(H,24,28)(H,25,27). The molecule has 8 nitrogen and oxygen atoms in total. The molecule has 0 aliphatic carbocycles. The third-order valence-electron chi connectivity index (χ3n) is 5.22. The summed E-state index contributed by atoms with van der Waals surface area (Å²) in [5.74, 6) is -0.202. The third kappa shape index (κ3) is 4.05. The van der Waals surface area contributed by atoms with Crippen molar-refractivity contribution >= 4 is 29.1 Å². The molecule has 0 radical (unpaired) electrons. The van der Waals surface area contributed by atoms with Gasteiger partial charge in [0.15, 0.2) is 5.54 Å². The molecule has 164 valence electrons. The van der Waals surface area contributed by atoms with Crippen LogP contribution >= 0.6 is 0 Å². The highest BCUT2D eigenvalue weighted by atomic mass is 16.5. The second kappa shape index (κ2) is 8.67. The number of nitrogens with one attached hydrogen (secondary N) is 2. The first-order valence-electron chi connectivity index (χ1n) is 9.97. The maximum absolute atomic E-state index is 13.6. The summed E-state index contributed by atoms with van der Waals surface area (Å²) in [6.07, 6.45) is -0.272. The summed E-state index contributed by atoms with van der Waals surface area (Å²) in [7, 11) is 3.02. The Bertz CT molecular complexity index is 1020. The van der Waals surface area contributed by atoms with E-state index in [0.29, 0.717) is 28.4 Å². The van der Waals surface area contributed by atoms with Crippen molar-refractivity contribution in [3.05, 3.63) is 48.0 Å². The first kappa shape index (κ1) is 22.1. The van der Waals surface area contributed by atoms with Crippen LogP contribution in [0.1, 0.15) is 32.8 Å². The summed E-state index contributed by atoms with van der Waals surface area (Å²) in [6.45, 7) is 5.11. The molecule has 0 saturated carbocycles. The van der Waals surface area contributed by atoms with Gasteiger partial charge in [-0.3, -0.25) is 14.4 Å². The monoisotopic (exact) mass is 425 g/mol. The molecule has 8 heteroatoms. The van der Waals surface area contributed by atoms with E-state index in [1.165, 1.54) is 21.1 Å². The zero-order valence-corrected chi connectivity index (χ0v) is 18.3. The Kier molecular flexibility index (Phi) is 6.19. The van der Waals surface area contributed by atoms with Crippen molar-refractivity contribution in [2.75, 3.05) is 24.4 Å². The van der Waals surface area contributed by atoms with Gasteiger partial charge in [-0.25, -0.2) is 0 Å². The Labute approximate surface area is 181 Å². The Morgan fingerprint density at radius 2 is 1.81 bits per heavy atom. The van der Waals surface area contributed by atoms with E-state index < -0.39 is 17.4 Å². The van der Waals surface area contributed by atoms with Gasteiger partial charge in [-0.2, -0.15) is 0 Å². The molecule has 1 unspecified atom stereocenters. The first-order chi connectivity index (χ1) is 14.7. The van der Waals surface area contributed by atoms with E-state index in [4.69, 9.17) is 9.47 Å².